The van der Waals surface area contributed by atoms with E-state index in [-0.39, 0.29) is 0 Å². The maximum absolute atomic E-state index is 13.0. The summed E-state index contributed by atoms with van der Waals surface area (Å²) in [6.45, 7) is 1.53. The molecule has 1 atom stereocenters. The first-order valence-corrected chi connectivity index (χ1v) is 6.63. The first kappa shape index (κ1) is 13.7. The number of nitrogens with one attached hydrogen (secondary N) is 2. The number of amides is 1. The summed E-state index contributed by atoms with van der Waals surface area (Å²) in [6, 6.07) is 4.65. The molecule has 0 aliphatic carbocycles. The zero-order valence-electron chi connectivity index (χ0n) is 9.77. The first-order chi connectivity index (χ1) is 8.37. The van der Waals surface area contributed by atoms with Gasteiger partial charge in [0.25, 0.3) is 5.92 Å². The molecule has 0 aromatic heterocycles. The van der Waals surface area contributed by atoms with Gasteiger partial charge in [0.15, 0.2) is 0 Å². The molecule has 1 aromatic carbocycles. The summed E-state index contributed by atoms with van der Waals surface area (Å²) in [5, 5.41) is 5.18. The molecule has 1 aliphatic rings. The molecule has 6 heteroatoms. The van der Waals surface area contributed by atoms with Crippen LogP contribution in [0.4, 0.5) is 14.5 Å². The van der Waals surface area contributed by atoms with E-state index in [1.54, 1.807) is 6.07 Å². The average Bonchev–Trinajstić information content (AvgIpc) is 2.64. The fraction of sp³-hybridized carbons (Fsp3) is 0.417. The molecule has 1 saturated heterocycles. The van der Waals surface area contributed by atoms with E-state index < -0.39 is 30.8 Å². The van der Waals surface area contributed by atoms with Crippen molar-refractivity contribution in [3.05, 3.63) is 27.3 Å². The van der Waals surface area contributed by atoms with Crippen molar-refractivity contribution in [2.75, 3.05) is 11.9 Å². The number of rotatable bonds is 2. The third kappa shape index (κ3) is 3.17. The van der Waals surface area contributed by atoms with E-state index in [0.29, 0.717) is 5.69 Å². The molecule has 1 unspecified atom stereocenters. The van der Waals surface area contributed by atoms with Crippen LogP contribution < -0.4 is 10.6 Å². The average molecular weight is 366 g/mol. The molecule has 2 rings (SSSR count). The quantitative estimate of drug-likeness (QED) is 0.790. The van der Waals surface area contributed by atoms with Crippen LogP contribution in [0.15, 0.2) is 18.2 Å². The molecule has 0 bridgehead atoms. The van der Waals surface area contributed by atoms with Crippen LogP contribution in [0.25, 0.3) is 0 Å². The summed E-state index contributed by atoms with van der Waals surface area (Å²) in [5.74, 6) is -3.20. The van der Waals surface area contributed by atoms with Crippen molar-refractivity contribution in [1.82, 2.24) is 5.32 Å². The van der Waals surface area contributed by atoms with Gasteiger partial charge in [-0.2, -0.15) is 0 Å². The van der Waals surface area contributed by atoms with Gasteiger partial charge < -0.3 is 5.32 Å². The molecule has 1 heterocycles. The molecule has 0 spiro atoms. The molecule has 1 amide bonds. The van der Waals surface area contributed by atoms with Gasteiger partial charge >= 0.3 is 0 Å². The molecule has 1 aromatic rings. The minimum atomic E-state index is -2.79. The number of carbonyl (C=O) groups is 1. The molecule has 1 fully saturated rings. The summed E-state index contributed by atoms with van der Waals surface area (Å²) in [7, 11) is 0. The van der Waals surface area contributed by atoms with Gasteiger partial charge in [-0.05, 0) is 47.2 Å². The normalized spacial score (nSPS) is 21.9. The standard InChI is InChI=1S/C12H13F2IN2O/c1-7-2-3-8(4-9(7)15)17-11(18)10-5-12(13,14)6-16-10/h2-4,10,16H,5-6H2,1H3,(H,17,18). The summed E-state index contributed by atoms with van der Waals surface area (Å²) in [6.07, 6.45) is -0.443. The predicted molar refractivity (Wildman–Crippen MR) is 73.9 cm³/mol. The lowest BCUT2D eigenvalue weighted by molar-refractivity contribution is -0.118. The largest absolute Gasteiger partial charge is 0.325 e. The number of hydrogen-bond acceptors (Lipinski definition) is 2. The Morgan fingerprint density at radius 1 is 1.56 bits per heavy atom. The van der Waals surface area contributed by atoms with Gasteiger partial charge in [0.05, 0.1) is 12.6 Å². The lowest BCUT2D eigenvalue weighted by Crippen LogP contribution is -2.35. The van der Waals surface area contributed by atoms with Crippen LogP contribution in [0.3, 0.4) is 0 Å². The highest BCUT2D eigenvalue weighted by Gasteiger charge is 2.42. The summed E-state index contributed by atoms with van der Waals surface area (Å²) < 4.78 is 27.0. The van der Waals surface area contributed by atoms with E-state index >= 15 is 0 Å². The smallest absolute Gasteiger partial charge is 0.262 e. The minimum Gasteiger partial charge on any atom is -0.325 e. The zero-order chi connectivity index (χ0) is 13.3. The van der Waals surface area contributed by atoms with Gasteiger partial charge in [-0.3, -0.25) is 10.1 Å². The van der Waals surface area contributed by atoms with Crippen molar-refractivity contribution in [3.8, 4) is 0 Å². The number of alkyl halides is 2. The van der Waals surface area contributed by atoms with Gasteiger partial charge in [-0.15, -0.1) is 0 Å². The van der Waals surface area contributed by atoms with E-state index in [1.807, 2.05) is 19.1 Å². The highest BCUT2D eigenvalue weighted by atomic mass is 127. The molecule has 0 saturated carbocycles. The lowest BCUT2D eigenvalue weighted by atomic mass is 10.1. The van der Waals surface area contributed by atoms with Crippen molar-refractivity contribution < 1.29 is 13.6 Å². The van der Waals surface area contributed by atoms with E-state index in [4.69, 9.17) is 0 Å². The van der Waals surface area contributed by atoms with Gasteiger partial charge in [0.1, 0.15) is 0 Å². The van der Waals surface area contributed by atoms with E-state index in [2.05, 4.69) is 33.2 Å². The van der Waals surface area contributed by atoms with Gasteiger partial charge in [0, 0.05) is 15.7 Å². The number of benzene rings is 1. The molecule has 18 heavy (non-hydrogen) atoms. The van der Waals surface area contributed by atoms with E-state index in [1.165, 1.54) is 0 Å². The maximum Gasteiger partial charge on any atom is 0.262 e. The minimum absolute atomic E-state index is 0.410. The number of hydrogen-bond donors (Lipinski definition) is 2. The van der Waals surface area contributed by atoms with E-state index in [9.17, 15) is 13.6 Å². The Balaban J connectivity index is 2.01. The van der Waals surface area contributed by atoms with Crippen molar-refractivity contribution in [2.24, 2.45) is 0 Å². The Kier molecular flexibility index (Phi) is 3.86. The summed E-state index contributed by atoms with van der Waals surface area (Å²) in [5.41, 5.74) is 1.74. The van der Waals surface area contributed by atoms with Crippen LogP contribution in [0.5, 0.6) is 0 Å². The second kappa shape index (κ2) is 5.08. The van der Waals surface area contributed by atoms with Crippen LogP contribution >= 0.6 is 22.6 Å². The topological polar surface area (TPSA) is 41.1 Å². The Hall–Kier alpha value is -0.760. The second-order valence-corrected chi connectivity index (χ2v) is 5.61. The van der Waals surface area contributed by atoms with Gasteiger partial charge in [0.2, 0.25) is 5.91 Å². The Morgan fingerprint density at radius 3 is 2.83 bits per heavy atom. The molecule has 0 radical (unpaired) electrons. The van der Waals surface area contributed by atoms with Crippen LogP contribution in [-0.2, 0) is 4.79 Å². The Morgan fingerprint density at radius 2 is 2.28 bits per heavy atom. The molecule has 98 valence electrons. The zero-order valence-corrected chi connectivity index (χ0v) is 11.9. The Labute approximate surface area is 117 Å². The number of carbonyl (C=O) groups excluding carboxylic acids is 1. The Bertz CT molecular complexity index is 479. The third-order valence-electron chi connectivity index (χ3n) is 2.87. The predicted octanol–water partition coefficient (Wildman–Crippen LogP) is 2.54. The maximum atomic E-state index is 13.0. The van der Waals surface area contributed by atoms with Crippen molar-refractivity contribution in [3.63, 3.8) is 0 Å². The van der Waals surface area contributed by atoms with E-state index in [0.717, 1.165) is 9.13 Å². The van der Waals surface area contributed by atoms with Crippen LogP contribution in [0.1, 0.15) is 12.0 Å². The van der Waals surface area contributed by atoms with Gasteiger partial charge in [-0.25, -0.2) is 8.78 Å². The summed E-state index contributed by atoms with van der Waals surface area (Å²) in [4.78, 5) is 11.8. The van der Waals surface area contributed by atoms with Crippen LogP contribution in [-0.4, -0.2) is 24.4 Å². The highest BCUT2D eigenvalue weighted by molar-refractivity contribution is 14.1. The molecule has 2 N–H and O–H groups in total. The second-order valence-electron chi connectivity index (χ2n) is 4.45. The fourth-order valence-corrected chi connectivity index (χ4v) is 2.32. The molecular formula is C12H13F2IN2O. The fourth-order valence-electron chi connectivity index (χ4n) is 1.80. The molecular weight excluding hydrogens is 353 g/mol. The van der Waals surface area contributed by atoms with Crippen molar-refractivity contribution in [1.29, 1.82) is 0 Å². The third-order valence-corrected chi connectivity index (χ3v) is 4.03. The number of aryl methyl sites for hydroxylation is 1. The number of anilines is 1. The lowest BCUT2D eigenvalue weighted by Gasteiger charge is -2.12. The summed E-state index contributed by atoms with van der Waals surface area (Å²) >= 11 is 2.16. The molecule has 1 aliphatic heterocycles. The highest BCUT2D eigenvalue weighted by Crippen LogP contribution is 2.26. The van der Waals surface area contributed by atoms with Crippen LogP contribution in [0.2, 0.25) is 0 Å². The number of halogens is 3. The van der Waals surface area contributed by atoms with Crippen molar-refractivity contribution >= 4 is 34.2 Å². The SMILES string of the molecule is Cc1ccc(NC(=O)C2CC(F)(F)CN2)cc1I. The van der Waals surface area contributed by atoms with Crippen LogP contribution in [0, 0.1) is 10.5 Å². The monoisotopic (exact) mass is 366 g/mol. The molecule has 3 nitrogen and oxygen atoms in total. The van der Waals surface area contributed by atoms with Gasteiger partial charge in [-0.1, -0.05) is 6.07 Å². The first-order valence-electron chi connectivity index (χ1n) is 5.56. The van der Waals surface area contributed by atoms with Crippen molar-refractivity contribution in [2.45, 2.75) is 25.3 Å².